The summed E-state index contributed by atoms with van der Waals surface area (Å²) in [7, 11) is 0. The van der Waals surface area contributed by atoms with E-state index in [2.05, 4.69) is 20.8 Å². The van der Waals surface area contributed by atoms with Crippen molar-refractivity contribution in [2.75, 3.05) is 13.2 Å². The summed E-state index contributed by atoms with van der Waals surface area (Å²) in [6, 6.07) is 0. The van der Waals surface area contributed by atoms with Crippen molar-refractivity contribution < 1.29 is 19.1 Å². The first-order valence-electron chi connectivity index (χ1n) is 12.4. The Morgan fingerprint density at radius 2 is 1.00 bits per heavy atom. The van der Waals surface area contributed by atoms with Crippen molar-refractivity contribution >= 4 is 11.9 Å². The molecular weight excluding hydrogens is 364 g/mol. The van der Waals surface area contributed by atoms with Crippen LogP contribution in [0.4, 0.5) is 0 Å². The number of carbonyl (C=O) groups excluding carboxylic acids is 2. The highest BCUT2D eigenvalue weighted by Crippen LogP contribution is 2.13. The Hall–Kier alpha value is -1.06. The van der Waals surface area contributed by atoms with Crippen LogP contribution >= 0.6 is 0 Å². The smallest absolute Gasteiger partial charge is 0.305 e. The molecule has 29 heavy (non-hydrogen) atoms. The van der Waals surface area contributed by atoms with E-state index < -0.39 is 0 Å². The number of ether oxygens (including phenoxy) is 2. The predicted molar refractivity (Wildman–Crippen MR) is 121 cm³/mol. The highest BCUT2D eigenvalue weighted by molar-refractivity contribution is 5.69. The van der Waals surface area contributed by atoms with Crippen LogP contribution in [-0.2, 0) is 19.1 Å². The summed E-state index contributed by atoms with van der Waals surface area (Å²) in [6.07, 6.45) is 18.0. The molecule has 4 nitrogen and oxygen atoms in total. The van der Waals surface area contributed by atoms with Gasteiger partial charge in [-0.1, -0.05) is 78.6 Å². The fourth-order valence-electron chi connectivity index (χ4n) is 3.30. The van der Waals surface area contributed by atoms with E-state index in [-0.39, 0.29) is 11.9 Å². The molecule has 0 bridgehead atoms. The van der Waals surface area contributed by atoms with E-state index in [1.165, 1.54) is 38.5 Å². The van der Waals surface area contributed by atoms with E-state index >= 15 is 0 Å². The number of carbonyl (C=O) groups is 2. The number of unbranched alkanes of at least 4 members (excludes halogenated alkanes) is 11. The van der Waals surface area contributed by atoms with Gasteiger partial charge in [0.25, 0.3) is 0 Å². The second-order valence-corrected chi connectivity index (χ2v) is 8.72. The normalized spacial score (nSPS) is 11.0. The van der Waals surface area contributed by atoms with E-state index in [9.17, 15) is 9.59 Å². The number of hydrogen-bond acceptors (Lipinski definition) is 4. The van der Waals surface area contributed by atoms with Gasteiger partial charge in [-0.25, -0.2) is 0 Å². The molecule has 0 amide bonds. The van der Waals surface area contributed by atoms with Crippen molar-refractivity contribution in [3.8, 4) is 0 Å². The fraction of sp³-hybridized carbons (Fsp3) is 0.920. The average molecular weight is 413 g/mol. The summed E-state index contributed by atoms with van der Waals surface area (Å²) in [5, 5.41) is 0. The predicted octanol–water partition coefficient (Wildman–Crippen LogP) is 7.38. The van der Waals surface area contributed by atoms with Gasteiger partial charge in [-0.05, 0) is 44.4 Å². The summed E-state index contributed by atoms with van der Waals surface area (Å²) < 4.78 is 10.5. The maximum atomic E-state index is 11.7. The highest BCUT2D eigenvalue weighted by Gasteiger charge is 2.04. The molecular formula is C25H48O4. The minimum absolute atomic E-state index is 0.0528. The van der Waals surface area contributed by atoms with E-state index in [0.29, 0.717) is 26.1 Å². The molecule has 0 atom stereocenters. The van der Waals surface area contributed by atoms with Gasteiger partial charge in [-0.3, -0.25) is 9.59 Å². The minimum Gasteiger partial charge on any atom is -0.466 e. The molecule has 0 saturated heterocycles. The minimum atomic E-state index is -0.0708. The molecule has 0 aliphatic heterocycles. The Kier molecular flexibility index (Phi) is 20.9. The Bertz CT molecular complexity index is 379. The van der Waals surface area contributed by atoms with E-state index in [1.807, 2.05) is 0 Å². The van der Waals surface area contributed by atoms with Gasteiger partial charge in [0.1, 0.15) is 0 Å². The van der Waals surface area contributed by atoms with E-state index in [4.69, 9.17) is 9.47 Å². The van der Waals surface area contributed by atoms with Crippen LogP contribution in [0, 0.1) is 5.92 Å². The summed E-state index contributed by atoms with van der Waals surface area (Å²) in [5.41, 5.74) is 0. The Morgan fingerprint density at radius 1 is 0.586 bits per heavy atom. The Labute approximate surface area is 180 Å². The molecule has 0 N–H and O–H groups in total. The standard InChI is InChI=1S/C25H48O4/c1-4-5-13-19-24(26)28-21-16-11-12-17-22-29-25(27)20-15-10-8-6-7-9-14-18-23(2)3/h23H,4-22H2,1-3H3. The first kappa shape index (κ1) is 27.9. The molecule has 0 unspecified atom stereocenters. The Balaban J connectivity index is 3.25. The van der Waals surface area contributed by atoms with Crippen LogP contribution in [0.1, 0.15) is 130 Å². The molecule has 0 fully saturated rings. The van der Waals surface area contributed by atoms with Gasteiger partial charge in [0.05, 0.1) is 13.2 Å². The van der Waals surface area contributed by atoms with Crippen molar-refractivity contribution in [3.63, 3.8) is 0 Å². The lowest BCUT2D eigenvalue weighted by molar-refractivity contribution is -0.145. The zero-order chi connectivity index (χ0) is 21.6. The monoisotopic (exact) mass is 412 g/mol. The quantitative estimate of drug-likeness (QED) is 0.146. The maximum absolute atomic E-state index is 11.7. The lowest BCUT2D eigenvalue weighted by Gasteiger charge is -2.06. The van der Waals surface area contributed by atoms with Gasteiger partial charge < -0.3 is 9.47 Å². The van der Waals surface area contributed by atoms with Gasteiger partial charge in [-0.15, -0.1) is 0 Å². The summed E-state index contributed by atoms with van der Waals surface area (Å²) >= 11 is 0. The SMILES string of the molecule is CCCCCC(=O)OCCCCCCOC(=O)CCCCCCCCCC(C)C. The van der Waals surface area contributed by atoms with Crippen molar-refractivity contribution in [1.29, 1.82) is 0 Å². The molecule has 0 aromatic heterocycles. The largest absolute Gasteiger partial charge is 0.466 e. The topological polar surface area (TPSA) is 52.6 Å². The number of esters is 2. The Morgan fingerprint density at radius 3 is 1.48 bits per heavy atom. The van der Waals surface area contributed by atoms with Gasteiger partial charge >= 0.3 is 11.9 Å². The molecule has 0 aliphatic carbocycles. The molecule has 0 radical (unpaired) electrons. The van der Waals surface area contributed by atoms with Crippen LogP contribution in [0.3, 0.4) is 0 Å². The molecule has 172 valence electrons. The molecule has 0 aromatic rings. The molecule has 4 heteroatoms. The van der Waals surface area contributed by atoms with Crippen LogP contribution in [0.5, 0.6) is 0 Å². The lowest BCUT2D eigenvalue weighted by Crippen LogP contribution is -2.06. The molecule has 0 heterocycles. The molecule has 0 rings (SSSR count). The summed E-state index contributed by atoms with van der Waals surface area (Å²) in [4.78, 5) is 23.2. The van der Waals surface area contributed by atoms with Crippen LogP contribution in [0.25, 0.3) is 0 Å². The van der Waals surface area contributed by atoms with Gasteiger partial charge in [0, 0.05) is 12.8 Å². The van der Waals surface area contributed by atoms with Crippen LogP contribution in [0.15, 0.2) is 0 Å². The number of rotatable bonds is 21. The zero-order valence-electron chi connectivity index (χ0n) is 19.6. The zero-order valence-corrected chi connectivity index (χ0v) is 19.6. The summed E-state index contributed by atoms with van der Waals surface area (Å²) in [5.74, 6) is 0.701. The molecule has 0 aliphatic rings. The molecule has 0 aromatic carbocycles. The average Bonchev–Trinajstić information content (AvgIpc) is 2.68. The molecule has 0 spiro atoms. The van der Waals surface area contributed by atoms with Gasteiger partial charge in [-0.2, -0.15) is 0 Å². The van der Waals surface area contributed by atoms with Crippen molar-refractivity contribution in [2.24, 2.45) is 5.92 Å². The first-order chi connectivity index (χ1) is 14.1. The maximum Gasteiger partial charge on any atom is 0.305 e. The lowest BCUT2D eigenvalue weighted by atomic mass is 10.0. The third-order valence-electron chi connectivity index (χ3n) is 5.21. The van der Waals surface area contributed by atoms with Crippen molar-refractivity contribution in [3.05, 3.63) is 0 Å². The second-order valence-electron chi connectivity index (χ2n) is 8.72. The van der Waals surface area contributed by atoms with E-state index in [0.717, 1.165) is 63.7 Å². The fourth-order valence-corrected chi connectivity index (χ4v) is 3.30. The van der Waals surface area contributed by atoms with E-state index in [1.54, 1.807) is 0 Å². The summed E-state index contributed by atoms with van der Waals surface area (Å²) in [6.45, 7) is 7.73. The van der Waals surface area contributed by atoms with Gasteiger partial charge in [0.2, 0.25) is 0 Å². The van der Waals surface area contributed by atoms with Crippen molar-refractivity contribution in [1.82, 2.24) is 0 Å². The third-order valence-corrected chi connectivity index (χ3v) is 5.21. The molecule has 0 saturated carbocycles. The third kappa shape index (κ3) is 23.1. The highest BCUT2D eigenvalue weighted by atomic mass is 16.5. The van der Waals surface area contributed by atoms with Crippen molar-refractivity contribution in [2.45, 2.75) is 130 Å². The first-order valence-corrected chi connectivity index (χ1v) is 12.4. The van der Waals surface area contributed by atoms with Crippen LogP contribution < -0.4 is 0 Å². The number of hydrogen-bond donors (Lipinski definition) is 0. The van der Waals surface area contributed by atoms with Gasteiger partial charge in [0.15, 0.2) is 0 Å². The van der Waals surface area contributed by atoms with Crippen LogP contribution in [0.2, 0.25) is 0 Å². The second kappa shape index (κ2) is 21.6. The van der Waals surface area contributed by atoms with Crippen LogP contribution in [-0.4, -0.2) is 25.2 Å².